The van der Waals surface area contributed by atoms with Gasteiger partial charge in [0.2, 0.25) is 0 Å². The molecule has 0 saturated heterocycles. The van der Waals surface area contributed by atoms with E-state index in [9.17, 15) is 28.8 Å². The van der Waals surface area contributed by atoms with E-state index < -0.39 is 28.0 Å². The van der Waals surface area contributed by atoms with Crippen molar-refractivity contribution in [2.75, 3.05) is 12.5 Å². The lowest BCUT2D eigenvalue weighted by atomic mass is 9.44. The van der Waals surface area contributed by atoms with Crippen LogP contribution in [0.3, 0.4) is 0 Å². The number of carbonyl (C=O) groups is 3. The van der Waals surface area contributed by atoms with E-state index in [-0.39, 0.29) is 40.6 Å². The summed E-state index contributed by atoms with van der Waals surface area (Å²) in [6.45, 7) is 14.5. The molecule has 0 radical (unpaired) electrons. The maximum atomic E-state index is 13.7. The first-order valence-electron chi connectivity index (χ1n) is 30.6. The minimum Gasteiger partial charge on any atom is -0.390 e. The Balaban J connectivity index is 0.000000145. The average Bonchev–Trinajstić information content (AvgIpc) is 1.75. The van der Waals surface area contributed by atoms with E-state index in [0.717, 1.165) is 103 Å². The highest BCUT2D eigenvalue weighted by atomic mass is 35.5. The number of hydrogen-bond donors (Lipinski definition) is 3. The summed E-state index contributed by atoms with van der Waals surface area (Å²) in [6, 6.07) is 17.7. The summed E-state index contributed by atoms with van der Waals surface area (Å²) in [5.41, 5.74) is 3.31. The van der Waals surface area contributed by atoms with Crippen molar-refractivity contribution in [3.05, 3.63) is 71.2 Å². The molecule has 17 atom stereocenters. The summed E-state index contributed by atoms with van der Waals surface area (Å²) in [6.07, 6.45) is 24.0. The topological polar surface area (TPSA) is 200 Å². The van der Waals surface area contributed by atoms with Crippen LogP contribution in [0.2, 0.25) is 5.02 Å². The minimum absolute atomic E-state index is 0.0699. The molecule has 3 aromatic carbocycles. The van der Waals surface area contributed by atoms with Gasteiger partial charge in [0, 0.05) is 43.7 Å². The Hall–Kier alpha value is -4.06. The van der Waals surface area contributed by atoms with Crippen LogP contribution < -0.4 is 0 Å². The molecule has 0 amide bonds. The van der Waals surface area contributed by atoms with Gasteiger partial charge in [-0.1, -0.05) is 45.4 Å². The molecule has 17 heteroatoms. The number of carbonyl (C=O) groups excluding carboxylic acids is 3. The fourth-order valence-corrected chi connectivity index (χ4v) is 20.6. The van der Waals surface area contributed by atoms with Gasteiger partial charge in [-0.3, -0.25) is 18.7 Å². The summed E-state index contributed by atoms with van der Waals surface area (Å²) in [5.74, 6) is 5.50. The molecule has 13 rings (SSSR count). The number of nitrogens with zero attached hydrogens (tertiary/aromatic N) is 6. The van der Waals surface area contributed by atoms with E-state index in [1.54, 1.807) is 39.7 Å². The molecule has 3 N–H and O–H groups in total. The zero-order valence-electron chi connectivity index (χ0n) is 49.4. The Morgan fingerprint density at radius 1 is 0.598 bits per heavy atom. The number of aliphatic hydroxyl groups is 2. The van der Waals surface area contributed by atoms with Crippen LogP contribution in [0.25, 0.3) is 22.1 Å². The van der Waals surface area contributed by atoms with Gasteiger partial charge in [-0.2, -0.15) is 35.2 Å². The largest absolute Gasteiger partial charge is 0.390 e. The molecular weight excluding hydrogens is 1090 g/mol. The van der Waals surface area contributed by atoms with Crippen molar-refractivity contribution in [3.63, 3.8) is 0 Å². The molecular formula is C65H87ClN6O8S2. The molecule has 0 spiro atoms. The zero-order chi connectivity index (χ0) is 58.3. The molecule has 2 heterocycles. The molecule has 8 fully saturated rings. The first-order valence-corrected chi connectivity index (χ1v) is 33.7. The number of benzene rings is 3. The molecule has 82 heavy (non-hydrogen) atoms. The number of thioether (sulfide) groups is 1. The van der Waals surface area contributed by atoms with Crippen molar-refractivity contribution in [1.82, 2.24) is 30.0 Å². The monoisotopic (exact) mass is 1180 g/mol. The molecule has 444 valence electrons. The fourth-order valence-electron chi connectivity index (χ4n) is 19.4. The number of hydrogen-bond acceptors (Lipinski definition) is 13. The second kappa shape index (κ2) is 22.7. The van der Waals surface area contributed by atoms with Gasteiger partial charge < -0.3 is 10.2 Å². The Morgan fingerprint density at radius 3 is 1.55 bits per heavy atom. The third-order valence-corrected chi connectivity index (χ3v) is 25.7. The third-order valence-electron chi connectivity index (χ3n) is 23.8. The van der Waals surface area contributed by atoms with Gasteiger partial charge in [0.1, 0.15) is 35.2 Å². The highest BCUT2D eigenvalue weighted by molar-refractivity contribution is 7.98. The quantitative estimate of drug-likeness (QED) is 0.0716. The predicted molar refractivity (Wildman–Crippen MR) is 320 cm³/mol. The van der Waals surface area contributed by atoms with Crippen LogP contribution in [0.15, 0.2) is 70.5 Å². The van der Waals surface area contributed by atoms with E-state index in [2.05, 4.69) is 71.4 Å². The normalized spacial score (nSPS) is 38.4. The summed E-state index contributed by atoms with van der Waals surface area (Å²) in [4.78, 5) is 46.6. The second-order valence-corrected chi connectivity index (χ2v) is 31.0. The van der Waals surface area contributed by atoms with Crippen LogP contribution in [0.5, 0.6) is 0 Å². The fraction of sp³-hybridized carbons (Fsp3) is 0.677. The minimum atomic E-state index is -1.07. The Morgan fingerprint density at radius 2 is 1.07 bits per heavy atom. The van der Waals surface area contributed by atoms with Crippen LogP contribution in [0, 0.1) is 80.8 Å². The lowest BCUT2D eigenvalue weighted by Gasteiger charge is -2.61. The lowest BCUT2D eigenvalue weighted by Crippen LogP contribution is -2.55. The summed E-state index contributed by atoms with van der Waals surface area (Å²) in [7, 11) is -1.07. The van der Waals surface area contributed by atoms with Crippen LogP contribution >= 0.6 is 23.4 Å². The number of ketones is 2. The van der Waals surface area contributed by atoms with Crippen LogP contribution in [-0.2, 0) is 38.4 Å². The van der Waals surface area contributed by atoms with E-state index >= 15 is 0 Å². The molecule has 0 aliphatic heterocycles. The smallest absolute Gasteiger partial charge is 0.372 e. The molecule has 0 bridgehead atoms. The maximum Gasteiger partial charge on any atom is 0.372 e. The van der Waals surface area contributed by atoms with E-state index in [4.69, 9.17) is 16.9 Å². The van der Waals surface area contributed by atoms with E-state index in [1.165, 1.54) is 68.4 Å². The number of halogens is 1. The molecule has 2 aromatic heterocycles. The van der Waals surface area contributed by atoms with Crippen molar-refractivity contribution in [1.29, 1.82) is 0 Å². The van der Waals surface area contributed by atoms with Crippen LogP contribution in [-0.4, -0.2) is 90.9 Å². The van der Waals surface area contributed by atoms with Gasteiger partial charge >= 0.3 is 5.97 Å². The number of aromatic nitrogens is 6. The van der Waals surface area contributed by atoms with Gasteiger partial charge in [-0.15, -0.1) is 11.8 Å². The zero-order valence-corrected chi connectivity index (χ0v) is 51.8. The van der Waals surface area contributed by atoms with E-state index in [0.29, 0.717) is 63.3 Å². The van der Waals surface area contributed by atoms with Gasteiger partial charge in [-0.05, 0) is 259 Å². The number of Topliss-reactive ketones (excluding diaryl/α,β-unsaturated/α-hetero) is 2. The first kappa shape index (κ1) is 59.7. The maximum absolute atomic E-state index is 13.7. The van der Waals surface area contributed by atoms with Gasteiger partial charge in [0.15, 0.2) is 11.6 Å². The molecule has 8 aliphatic carbocycles. The Labute approximate surface area is 495 Å². The second-order valence-electron chi connectivity index (χ2n) is 28.3. The molecule has 5 aromatic rings. The molecule has 8 saturated carbocycles. The van der Waals surface area contributed by atoms with Crippen molar-refractivity contribution in [2.45, 2.75) is 191 Å². The summed E-state index contributed by atoms with van der Waals surface area (Å²) < 4.78 is 11.8. The molecule has 8 aliphatic rings. The Bertz CT molecular complexity index is 3260. The highest BCUT2D eigenvalue weighted by Crippen LogP contribution is 2.70. The van der Waals surface area contributed by atoms with Crippen molar-refractivity contribution >= 4 is 73.8 Å². The standard InChI is InChI=1S/C29H41N3O3S.C29H41N3O2S.C7H5ClO3/c1-27(34)13-14-28(2)18(16-27)5-7-20-21-8-9-23(29(21,3)12-11-22(20)28)26(33)17-32-30-24-10-6-19(36(4)35)15-25(24)31-32;1-27(34)13-14-28(2)18(16-27)5-7-20-21-8-9-23(29(21,3)12-11-22(20)28)26(33)17-32-30-24-10-6-19(35-4)15-25(24)31-32;8-6-3-1-2-5(4-6)7(9)11-10/h6,10,15,18,20-23,34H,5,7-9,11-14,16-17H2,1-4H3;6,10,15,18,20-23,34H,5,7-9,11-14,16-17H2,1-4H3;1-4,10H/t18-,20-,21-,22-,23+,27+,28-,29-,36?;18-,20-,21-,22-,23+,27+,28-,29-;/m00./s1. The van der Waals surface area contributed by atoms with Gasteiger partial charge in [0.05, 0.1) is 16.8 Å². The molecule has 1 unspecified atom stereocenters. The van der Waals surface area contributed by atoms with Crippen LogP contribution in [0.1, 0.15) is 167 Å². The molecule has 14 nitrogen and oxygen atoms in total. The lowest BCUT2D eigenvalue weighted by molar-refractivity contribution is -0.182. The predicted octanol–water partition coefficient (Wildman–Crippen LogP) is 13.2. The average molecular weight is 1180 g/mol. The summed E-state index contributed by atoms with van der Waals surface area (Å²) in [5, 5.41) is 48.3. The number of rotatable bonds is 9. The highest BCUT2D eigenvalue weighted by Gasteiger charge is 2.63. The number of fused-ring (bicyclic) bond motifs is 12. The van der Waals surface area contributed by atoms with Crippen LogP contribution in [0.4, 0.5) is 0 Å². The van der Waals surface area contributed by atoms with Gasteiger partial charge in [-0.25, -0.2) is 4.79 Å². The van der Waals surface area contributed by atoms with Crippen molar-refractivity contribution in [2.24, 2.45) is 80.8 Å². The van der Waals surface area contributed by atoms with Crippen molar-refractivity contribution in [3.8, 4) is 0 Å². The van der Waals surface area contributed by atoms with E-state index in [1.807, 2.05) is 38.1 Å². The van der Waals surface area contributed by atoms with Gasteiger partial charge in [0.25, 0.3) is 0 Å². The third kappa shape index (κ3) is 11.1. The summed E-state index contributed by atoms with van der Waals surface area (Å²) >= 11 is 7.25. The SMILES string of the molecule is CS(=O)c1ccc2nn(CC(=O)[C@H]3CC[C@H]4[C@@H]5CC[C@H]6C[C@](C)(O)CC[C@]6(C)[C@H]5CC[C@]34C)nc2c1.CSc1ccc2nn(CC(=O)[C@H]3CC[C@H]4[C@@H]5CC[C@H]6C[C@](C)(O)CC[C@]6(C)[C@H]5CC[C@]34C)nc2c1.O=C(OO)c1cccc(Cl)c1. The van der Waals surface area contributed by atoms with Crippen molar-refractivity contribution < 1.29 is 39.0 Å². The first-order chi connectivity index (χ1) is 38.9. The Kier molecular flexibility index (Phi) is 16.5.